The second kappa shape index (κ2) is 12.4. The quantitative estimate of drug-likeness (QED) is 0.273. The molecule has 0 bridgehead atoms. The number of aromatic nitrogens is 10. The van der Waals surface area contributed by atoms with Gasteiger partial charge in [-0.05, 0) is 43.9 Å². The van der Waals surface area contributed by atoms with Crippen LogP contribution >= 0.6 is 0 Å². The number of aryl methyl sites for hydroxylation is 1. The maximum Gasteiger partial charge on any atom is 0.225 e. The molecule has 7 rings (SSSR count). The summed E-state index contributed by atoms with van der Waals surface area (Å²) >= 11 is 0. The Bertz CT molecular complexity index is 1830. The summed E-state index contributed by atoms with van der Waals surface area (Å²) in [4.78, 5) is 26.4. The first kappa shape index (κ1) is 28.5. The molecule has 1 saturated heterocycles. The smallest absolute Gasteiger partial charge is 0.225 e. The van der Waals surface area contributed by atoms with Gasteiger partial charge in [0.25, 0.3) is 0 Å². The molecule has 230 valence electrons. The van der Waals surface area contributed by atoms with Gasteiger partial charge in [-0.3, -0.25) is 4.98 Å². The van der Waals surface area contributed by atoms with Gasteiger partial charge in [0.1, 0.15) is 30.4 Å². The first-order chi connectivity index (χ1) is 22.0. The number of imidazole rings is 1. The van der Waals surface area contributed by atoms with Gasteiger partial charge in [-0.1, -0.05) is 0 Å². The standard InChI is InChI=1S/C30H33N13O2/c1-19-32-17-23(41(19)2)18-43-39-28(38-40-43)21-11-25-26(33-16-21)12-27(42-7-9-44-10-8-42)37-29(25)45-24-5-3-22(4-6-24)36-30-34-14-20(13-31)15-35-30/h11-12,14-17,22,24H,3-10,18H2,1-2H3,(H,34,35,36)/t22-,24+. The van der Waals surface area contributed by atoms with Gasteiger partial charge in [-0.15, -0.1) is 10.2 Å². The molecule has 6 heterocycles. The summed E-state index contributed by atoms with van der Waals surface area (Å²) in [6, 6.07) is 6.26. The zero-order chi connectivity index (χ0) is 30.8. The fourth-order valence-electron chi connectivity index (χ4n) is 5.64. The van der Waals surface area contributed by atoms with E-state index in [1.165, 1.54) is 12.4 Å². The van der Waals surface area contributed by atoms with Crippen molar-refractivity contribution < 1.29 is 9.47 Å². The van der Waals surface area contributed by atoms with E-state index in [4.69, 9.17) is 24.7 Å². The number of fused-ring (bicyclic) bond motifs is 1. The van der Waals surface area contributed by atoms with E-state index in [1.807, 2.05) is 42.9 Å². The Labute approximate surface area is 259 Å². The Balaban J connectivity index is 1.11. The van der Waals surface area contributed by atoms with E-state index in [0.717, 1.165) is 72.6 Å². The largest absolute Gasteiger partial charge is 0.474 e. The van der Waals surface area contributed by atoms with Crippen molar-refractivity contribution in [3.8, 4) is 23.3 Å². The van der Waals surface area contributed by atoms with Gasteiger partial charge in [0.05, 0.1) is 54.0 Å². The highest BCUT2D eigenvalue weighted by atomic mass is 16.5. The van der Waals surface area contributed by atoms with Gasteiger partial charge >= 0.3 is 0 Å². The van der Waals surface area contributed by atoms with Crippen LogP contribution in [0.15, 0.2) is 36.9 Å². The third kappa shape index (κ3) is 6.22. The van der Waals surface area contributed by atoms with Crippen LogP contribution in [-0.2, 0) is 18.3 Å². The molecule has 2 fully saturated rings. The Kier molecular flexibility index (Phi) is 7.87. The first-order valence-electron chi connectivity index (χ1n) is 15.1. The van der Waals surface area contributed by atoms with Crippen molar-refractivity contribution in [2.24, 2.45) is 7.05 Å². The maximum atomic E-state index is 9.00. The maximum absolute atomic E-state index is 9.00. The summed E-state index contributed by atoms with van der Waals surface area (Å²) in [5.41, 5.74) is 2.94. The van der Waals surface area contributed by atoms with Crippen LogP contribution in [0.5, 0.6) is 5.88 Å². The second-order valence-electron chi connectivity index (χ2n) is 11.3. The number of anilines is 2. The van der Waals surface area contributed by atoms with E-state index in [0.29, 0.717) is 43.0 Å². The molecule has 1 saturated carbocycles. The number of hydrogen-bond acceptors (Lipinski definition) is 13. The van der Waals surface area contributed by atoms with Crippen molar-refractivity contribution in [1.82, 2.24) is 49.7 Å². The molecule has 5 aromatic rings. The fraction of sp³-hybridized carbons (Fsp3) is 0.433. The van der Waals surface area contributed by atoms with Crippen LogP contribution in [0, 0.1) is 18.3 Å². The molecule has 15 heteroatoms. The van der Waals surface area contributed by atoms with Crippen molar-refractivity contribution in [3.05, 3.63) is 54.0 Å². The minimum atomic E-state index is -0.00872. The van der Waals surface area contributed by atoms with Gasteiger partial charge < -0.3 is 24.3 Å². The number of nitrogens with zero attached hydrogens (tertiary/aromatic N) is 12. The van der Waals surface area contributed by atoms with Gasteiger partial charge in [0, 0.05) is 44.0 Å². The van der Waals surface area contributed by atoms with E-state index in [-0.39, 0.29) is 12.1 Å². The number of morpholine rings is 1. The van der Waals surface area contributed by atoms with Crippen molar-refractivity contribution in [2.75, 3.05) is 36.5 Å². The second-order valence-corrected chi connectivity index (χ2v) is 11.3. The number of nitrogens with one attached hydrogen (secondary N) is 1. The van der Waals surface area contributed by atoms with Crippen LogP contribution in [0.25, 0.3) is 22.3 Å². The molecule has 0 amide bonds. The molecule has 15 nitrogen and oxygen atoms in total. The van der Waals surface area contributed by atoms with Crippen molar-refractivity contribution in [3.63, 3.8) is 0 Å². The Morgan fingerprint density at radius 1 is 1.02 bits per heavy atom. The number of hydrogen-bond donors (Lipinski definition) is 1. The van der Waals surface area contributed by atoms with Crippen LogP contribution in [-0.4, -0.2) is 88.1 Å². The molecule has 2 aliphatic rings. The highest BCUT2D eigenvalue weighted by Crippen LogP contribution is 2.33. The van der Waals surface area contributed by atoms with E-state index >= 15 is 0 Å². The molecule has 45 heavy (non-hydrogen) atoms. The first-order valence-corrected chi connectivity index (χ1v) is 15.1. The zero-order valence-electron chi connectivity index (χ0n) is 25.2. The fourth-order valence-corrected chi connectivity index (χ4v) is 5.64. The van der Waals surface area contributed by atoms with Gasteiger partial charge in [0.15, 0.2) is 0 Å². The van der Waals surface area contributed by atoms with E-state index in [2.05, 4.69) is 40.6 Å². The summed E-state index contributed by atoms with van der Waals surface area (Å²) in [6.07, 6.45) is 10.1. The third-order valence-electron chi connectivity index (χ3n) is 8.36. The number of nitriles is 1. The normalized spacial score (nSPS) is 18.6. The SMILES string of the molecule is Cc1ncc(Cn2nnc(-c3cnc4cc(N5CCOCC5)nc(O[C@H]5CC[C@@H](Nc6ncc(C#N)cn6)CC5)c4c3)n2)n1C. The van der Waals surface area contributed by atoms with Crippen molar-refractivity contribution in [1.29, 1.82) is 5.26 Å². The Morgan fingerprint density at radius 2 is 1.82 bits per heavy atom. The van der Waals surface area contributed by atoms with Crippen LogP contribution in [0.1, 0.15) is 42.8 Å². The molecule has 0 radical (unpaired) electrons. The number of ether oxygens (including phenoxy) is 2. The van der Waals surface area contributed by atoms with Crippen LogP contribution in [0.4, 0.5) is 11.8 Å². The highest BCUT2D eigenvalue weighted by Gasteiger charge is 2.25. The summed E-state index contributed by atoms with van der Waals surface area (Å²) in [7, 11) is 1.97. The van der Waals surface area contributed by atoms with Crippen LogP contribution in [0.2, 0.25) is 0 Å². The van der Waals surface area contributed by atoms with E-state index in [1.54, 1.807) is 11.0 Å². The molecule has 0 atom stereocenters. The molecule has 5 aromatic heterocycles. The van der Waals surface area contributed by atoms with E-state index < -0.39 is 0 Å². The third-order valence-corrected chi connectivity index (χ3v) is 8.36. The molecule has 1 aliphatic carbocycles. The molecule has 0 aromatic carbocycles. The van der Waals surface area contributed by atoms with Crippen LogP contribution < -0.4 is 15.0 Å². The zero-order valence-corrected chi connectivity index (χ0v) is 25.2. The average Bonchev–Trinajstić information content (AvgIpc) is 3.68. The highest BCUT2D eigenvalue weighted by molar-refractivity contribution is 5.88. The van der Waals surface area contributed by atoms with Gasteiger partial charge in [-0.2, -0.15) is 15.0 Å². The Morgan fingerprint density at radius 3 is 2.56 bits per heavy atom. The lowest BCUT2D eigenvalue weighted by atomic mass is 9.93. The Hall–Kier alpha value is -5.23. The summed E-state index contributed by atoms with van der Waals surface area (Å²) in [5, 5.41) is 26.4. The lowest BCUT2D eigenvalue weighted by molar-refractivity contribution is 0.122. The minimum Gasteiger partial charge on any atom is -0.474 e. The minimum absolute atomic E-state index is 0.00872. The molecule has 0 unspecified atom stereocenters. The van der Waals surface area contributed by atoms with Crippen molar-refractivity contribution in [2.45, 2.75) is 51.3 Å². The summed E-state index contributed by atoms with van der Waals surface area (Å²) in [6.45, 7) is 5.24. The van der Waals surface area contributed by atoms with Gasteiger partial charge in [-0.25, -0.2) is 15.0 Å². The summed E-state index contributed by atoms with van der Waals surface area (Å²) in [5.74, 6) is 3.30. The molecular weight excluding hydrogens is 574 g/mol. The summed E-state index contributed by atoms with van der Waals surface area (Å²) < 4.78 is 14.2. The van der Waals surface area contributed by atoms with E-state index in [9.17, 15) is 0 Å². The predicted octanol–water partition coefficient (Wildman–Crippen LogP) is 2.67. The topological polar surface area (TPSA) is 170 Å². The number of pyridine rings is 2. The van der Waals surface area contributed by atoms with Crippen LogP contribution in [0.3, 0.4) is 0 Å². The lowest BCUT2D eigenvalue weighted by Gasteiger charge is -2.31. The van der Waals surface area contributed by atoms with Gasteiger partial charge in [0.2, 0.25) is 17.7 Å². The molecular formula is C30H33N13O2. The number of tetrazole rings is 1. The molecule has 0 spiro atoms. The van der Waals surface area contributed by atoms with Crippen molar-refractivity contribution >= 4 is 22.7 Å². The lowest BCUT2D eigenvalue weighted by Crippen LogP contribution is -2.37. The average molecular weight is 608 g/mol. The molecule has 1 N–H and O–H groups in total. The number of rotatable bonds is 8. The predicted molar refractivity (Wildman–Crippen MR) is 163 cm³/mol. The molecule has 1 aliphatic heterocycles. The monoisotopic (exact) mass is 607 g/mol.